The summed E-state index contributed by atoms with van der Waals surface area (Å²) in [6.45, 7) is 2.87. The van der Waals surface area contributed by atoms with Crippen LogP contribution in [-0.2, 0) is 14.8 Å². The van der Waals surface area contributed by atoms with E-state index in [1.54, 1.807) is 23.1 Å². The molecule has 0 unspecified atom stereocenters. The Kier molecular flexibility index (Phi) is 4.54. The Hall–Kier alpha value is -1.48. The fourth-order valence-electron chi connectivity index (χ4n) is 4.00. The number of likely N-dealkylation sites (tertiary alicyclic amines) is 1. The van der Waals surface area contributed by atoms with Crippen LogP contribution in [0.3, 0.4) is 0 Å². The normalized spacial score (nSPS) is 26.0. The zero-order chi connectivity index (χ0) is 18.4. The number of hydrogen-bond acceptors (Lipinski definition) is 5. The van der Waals surface area contributed by atoms with E-state index >= 15 is 0 Å². The second-order valence-corrected chi connectivity index (χ2v) is 9.45. The van der Waals surface area contributed by atoms with Gasteiger partial charge in [-0.05, 0) is 43.9 Å². The molecule has 7 nitrogen and oxygen atoms in total. The SMILES string of the molecule is N[C@H]1CCN(S(=O)(=O)c2cccc(C(=O)N3CCC4(CCO4)CC3)c2)C1. The van der Waals surface area contributed by atoms with E-state index in [0.29, 0.717) is 38.2 Å². The average molecular weight is 379 g/mol. The Bertz CT molecular complexity index is 796. The van der Waals surface area contributed by atoms with Gasteiger partial charge in [0.1, 0.15) is 0 Å². The van der Waals surface area contributed by atoms with E-state index in [0.717, 1.165) is 25.9 Å². The monoisotopic (exact) mass is 379 g/mol. The molecule has 3 heterocycles. The van der Waals surface area contributed by atoms with Gasteiger partial charge < -0.3 is 15.4 Å². The molecule has 0 bridgehead atoms. The molecule has 3 saturated heterocycles. The lowest BCUT2D eigenvalue weighted by molar-refractivity contribution is -0.169. The Morgan fingerprint density at radius 1 is 1.19 bits per heavy atom. The molecule has 0 radical (unpaired) electrons. The van der Waals surface area contributed by atoms with Crippen LogP contribution in [0.1, 0.15) is 36.0 Å². The second-order valence-electron chi connectivity index (χ2n) is 7.51. The smallest absolute Gasteiger partial charge is 0.253 e. The van der Waals surface area contributed by atoms with Gasteiger partial charge in [-0.25, -0.2) is 8.42 Å². The van der Waals surface area contributed by atoms with Gasteiger partial charge in [-0.15, -0.1) is 0 Å². The number of nitrogens with zero attached hydrogens (tertiary/aromatic N) is 2. The molecule has 1 atom stereocenters. The number of carbonyl (C=O) groups excluding carboxylic acids is 1. The number of carbonyl (C=O) groups is 1. The minimum absolute atomic E-state index is 0.0174. The lowest BCUT2D eigenvalue weighted by atomic mass is 9.84. The van der Waals surface area contributed by atoms with Gasteiger partial charge in [0.15, 0.2) is 0 Å². The number of nitrogens with two attached hydrogens (primary N) is 1. The first-order chi connectivity index (χ1) is 12.4. The molecule has 0 saturated carbocycles. The van der Waals surface area contributed by atoms with Gasteiger partial charge in [0, 0.05) is 37.8 Å². The lowest BCUT2D eigenvalue weighted by Crippen LogP contribution is -2.53. The molecule has 1 aromatic carbocycles. The number of sulfonamides is 1. The van der Waals surface area contributed by atoms with E-state index < -0.39 is 10.0 Å². The number of benzene rings is 1. The molecule has 0 aliphatic carbocycles. The maximum atomic E-state index is 12.8. The van der Waals surface area contributed by atoms with E-state index in [1.807, 2.05) is 0 Å². The Balaban J connectivity index is 1.49. The van der Waals surface area contributed by atoms with E-state index in [4.69, 9.17) is 10.5 Å². The van der Waals surface area contributed by atoms with E-state index in [-0.39, 0.29) is 22.4 Å². The lowest BCUT2D eigenvalue weighted by Gasteiger charge is -2.47. The third kappa shape index (κ3) is 3.15. The van der Waals surface area contributed by atoms with Crippen LogP contribution in [0.15, 0.2) is 29.2 Å². The van der Waals surface area contributed by atoms with Crippen molar-refractivity contribution < 1.29 is 17.9 Å². The van der Waals surface area contributed by atoms with Gasteiger partial charge in [-0.1, -0.05) is 6.07 Å². The van der Waals surface area contributed by atoms with Gasteiger partial charge in [0.05, 0.1) is 17.1 Å². The maximum absolute atomic E-state index is 12.8. The van der Waals surface area contributed by atoms with E-state index in [2.05, 4.69) is 0 Å². The molecule has 26 heavy (non-hydrogen) atoms. The highest BCUT2D eigenvalue weighted by molar-refractivity contribution is 7.89. The molecule has 1 spiro atoms. The quantitative estimate of drug-likeness (QED) is 0.839. The summed E-state index contributed by atoms with van der Waals surface area (Å²) >= 11 is 0. The molecule has 8 heteroatoms. The average Bonchev–Trinajstić information content (AvgIpc) is 3.07. The van der Waals surface area contributed by atoms with Crippen LogP contribution < -0.4 is 5.73 Å². The number of amides is 1. The number of ether oxygens (including phenoxy) is 1. The van der Waals surface area contributed by atoms with Crippen molar-refractivity contribution in [2.45, 2.75) is 42.2 Å². The van der Waals surface area contributed by atoms with Crippen molar-refractivity contribution in [2.24, 2.45) is 5.73 Å². The molecule has 0 aromatic heterocycles. The van der Waals surface area contributed by atoms with Gasteiger partial charge in [-0.3, -0.25) is 4.79 Å². The minimum Gasteiger partial charge on any atom is -0.375 e. The molecular formula is C18H25N3O4S. The summed E-state index contributed by atoms with van der Waals surface area (Å²) in [6, 6.07) is 6.23. The molecule has 4 rings (SSSR count). The topological polar surface area (TPSA) is 92.9 Å². The number of piperidine rings is 1. The van der Waals surface area contributed by atoms with Crippen molar-refractivity contribution in [2.75, 3.05) is 32.8 Å². The summed E-state index contributed by atoms with van der Waals surface area (Å²) in [5.41, 5.74) is 6.24. The van der Waals surface area contributed by atoms with Crippen LogP contribution in [0.25, 0.3) is 0 Å². The summed E-state index contributed by atoms with van der Waals surface area (Å²) in [4.78, 5) is 14.8. The predicted octanol–water partition coefficient (Wildman–Crippen LogP) is 0.803. The van der Waals surface area contributed by atoms with Crippen LogP contribution in [0.5, 0.6) is 0 Å². The molecular weight excluding hydrogens is 354 g/mol. The highest BCUT2D eigenvalue weighted by atomic mass is 32.2. The number of rotatable bonds is 3. The summed E-state index contributed by atoms with van der Waals surface area (Å²) in [5, 5.41) is 0. The molecule has 1 amide bonds. The Morgan fingerprint density at radius 3 is 2.50 bits per heavy atom. The molecule has 1 aromatic rings. The van der Waals surface area contributed by atoms with E-state index in [9.17, 15) is 13.2 Å². The summed E-state index contributed by atoms with van der Waals surface area (Å²) in [6.07, 6.45) is 3.43. The first kappa shape index (κ1) is 17.9. The van der Waals surface area contributed by atoms with Crippen LogP contribution in [0.2, 0.25) is 0 Å². The van der Waals surface area contributed by atoms with E-state index in [1.165, 1.54) is 10.4 Å². The van der Waals surface area contributed by atoms with Crippen LogP contribution >= 0.6 is 0 Å². The standard InChI is InChI=1S/C18H25N3O4S/c19-15-4-8-21(13-15)26(23,24)16-3-1-2-14(12-16)17(22)20-9-5-18(6-10-20)7-11-25-18/h1-3,12,15H,4-11,13,19H2/t15-/m0/s1. The fraction of sp³-hybridized carbons (Fsp3) is 0.611. The Morgan fingerprint density at radius 2 is 1.92 bits per heavy atom. The molecule has 2 N–H and O–H groups in total. The zero-order valence-electron chi connectivity index (χ0n) is 14.8. The van der Waals surface area contributed by atoms with Crippen LogP contribution in [0.4, 0.5) is 0 Å². The number of hydrogen-bond donors (Lipinski definition) is 1. The molecule has 142 valence electrons. The van der Waals surface area contributed by atoms with Crippen molar-refractivity contribution in [3.05, 3.63) is 29.8 Å². The summed E-state index contributed by atoms with van der Waals surface area (Å²) in [7, 11) is -3.61. The molecule has 3 aliphatic heterocycles. The Labute approximate surface area is 154 Å². The molecule has 3 aliphatic rings. The van der Waals surface area contributed by atoms with Crippen molar-refractivity contribution in [3.8, 4) is 0 Å². The maximum Gasteiger partial charge on any atom is 0.253 e. The van der Waals surface area contributed by atoms with Crippen LogP contribution in [-0.4, -0.2) is 68.0 Å². The van der Waals surface area contributed by atoms with Crippen molar-refractivity contribution in [1.82, 2.24) is 9.21 Å². The van der Waals surface area contributed by atoms with Gasteiger partial charge in [0.2, 0.25) is 10.0 Å². The largest absolute Gasteiger partial charge is 0.375 e. The third-order valence-electron chi connectivity index (χ3n) is 5.83. The second kappa shape index (κ2) is 6.60. The minimum atomic E-state index is -3.61. The van der Waals surface area contributed by atoms with Gasteiger partial charge in [0.25, 0.3) is 5.91 Å². The zero-order valence-corrected chi connectivity index (χ0v) is 15.6. The first-order valence-electron chi connectivity index (χ1n) is 9.19. The highest BCUT2D eigenvalue weighted by Gasteiger charge is 2.42. The van der Waals surface area contributed by atoms with Gasteiger partial charge >= 0.3 is 0 Å². The first-order valence-corrected chi connectivity index (χ1v) is 10.6. The predicted molar refractivity (Wildman–Crippen MR) is 96.2 cm³/mol. The van der Waals surface area contributed by atoms with Crippen molar-refractivity contribution >= 4 is 15.9 Å². The highest BCUT2D eigenvalue weighted by Crippen LogP contribution is 2.37. The van der Waals surface area contributed by atoms with Crippen molar-refractivity contribution in [3.63, 3.8) is 0 Å². The third-order valence-corrected chi connectivity index (χ3v) is 7.70. The summed E-state index contributed by atoms with van der Waals surface area (Å²) < 4.78 is 32.7. The van der Waals surface area contributed by atoms with Gasteiger partial charge in [-0.2, -0.15) is 4.31 Å². The summed E-state index contributed by atoms with van der Waals surface area (Å²) in [5.74, 6) is -0.116. The molecule has 3 fully saturated rings. The fourth-order valence-corrected chi connectivity index (χ4v) is 5.55. The van der Waals surface area contributed by atoms with Crippen molar-refractivity contribution in [1.29, 1.82) is 0 Å². The van der Waals surface area contributed by atoms with Crippen LogP contribution in [0, 0.1) is 0 Å².